The number of thioether (sulfide) groups is 1. The quantitative estimate of drug-likeness (QED) is 0.837. The van der Waals surface area contributed by atoms with Crippen LogP contribution >= 0.6 is 11.8 Å². The number of rotatable bonds is 5. The van der Waals surface area contributed by atoms with Gasteiger partial charge in [0.1, 0.15) is 5.76 Å². The first-order chi connectivity index (χ1) is 8.74. The Labute approximate surface area is 111 Å². The van der Waals surface area contributed by atoms with Crippen LogP contribution < -0.4 is 10.6 Å². The molecule has 0 aliphatic carbocycles. The summed E-state index contributed by atoms with van der Waals surface area (Å²) in [4.78, 5) is 15.7. The van der Waals surface area contributed by atoms with Gasteiger partial charge in [-0.25, -0.2) is 4.98 Å². The highest BCUT2D eigenvalue weighted by Crippen LogP contribution is 2.19. The number of aromatic nitrogens is 1. The number of carbonyl (C=O) groups is 1. The average molecular weight is 269 g/mol. The third-order valence-corrected chi connectivity index (χ3v) is 4.21. The number of nitrogens with zero attached hydrogens (tertiary/aromatic N) is 1. The van der Waals surface area contributed by atoms with Gasteiger partial charge in [-0.05, 0) is 32.9 Å². The number of piperidine rings is 1. The Morgan fingerprint density at radius 2 is 2.39 bits per heavy atom. The van der Waals surface area contributed by atoms with E-state index < -0.39 is 0 Å². The van der Waals surface area contributed by atoms with E-state index in [1.165, 1.54) is 0 Å². The molecule has 1 fully saturated rings. The Morgan fingerprint density at radius 3 is 3.06 bits per heavy atom. The zero-order valence-electron chi connectivity index (χ0n) is 10.6. The fraction of sp³-hybridized carbons (Fsp3) is 0.667. The molecule has 1 aliphatic heterocycles. The smallest absolute Gasteiger partial charge is 0.230 e. The molecule has 1 saturated heterocycles. The normalized spacial score (nSPS) is 16.7. The molecule has 18 heavy (non-hydrogen) atoms. The second-order valence-corrected chi connectivity index (χ2v) is 5.69. The minimum Gasteiger partial charge on any atom is -0.444 e. The van der Waals surface area contributed by atoms with Gasteiger partial charge in [-0.2, -0.15) is 0 Å². The first-order valence-corrected chi connectivity index (χ1v) is 7.29. The predicted octanol–water partition coefficient (Wildman–Crippen LogP) is 1.08. The Bertz CT molecular complexity index is 388. The van der Waals surface area contributed by atoms with Gasteiger partial charge in [-0.3, -0.25) is 4.79 Å². The molecular weight excluding hydrogens is 250 g/mol. The van der Waals surface area contributed by atoms with Crippen LogP contribution in [0.1, 0.15) is 24.5 Å². The second kappa shape index (κ2) is 6.80. The van der Waals surface area contributed by atoms with Gasteiger partial charge in [0.25, 0.3) is 0 Å². The Hall–Kier alpha value is -1.01. The van der Waals surface area contributed by atoms with Gasteiger partial charge in [0.15, 0.2) is 0 Å². The molecule has 1 aliphatic rings. The summed E-state index contributed by atoms with van der Waals surface area (Å²) in [5, 5.41) is 6.75. The van der Waals surface area contributed by atoms with Gasteiger partial charge < -0.3 is 15.1 Å². The molecule has 5 nitrogen and oxygen atoms in total. The minimum absolute atomic E-state index is 0.0504. The molecule has 0 bridgehead atoms. The van der Waals surface area contributed by atoms with E-state index in [1.54, 1.807) is 18.0 Å². The maximum absolute atomic E-state index is 11.6. The molecule has 0 spiro atoms. The van der Waals surface area contributed by atoms with E-state index in [9.17, 15) is 4.79 Å². The van der Waals surface area contributed by atoms with Crippen LogP contribution in [0.5, 0.6) is 0 Å². The molecule has 0 unspecified atom stereocenters. The molecule has 100 valence electrons. The lowest BCUT2D eigenvalue weighted by atomic mass is 10.2. The standard InChI is InChI=1S/C12H19N3O2S/c1-9-6-15-12(17-9)7-14-11(16)8-18-10-2-4-13-5-3-10/h6,10,13H,2-5,7-8H2,1H3,(H,14,16). The van der Waals surface area contributed by atoms with Crippen LogP contribution in [0.4, 0.5) is 0 Å². The van der Waals surface area contributed by atoms with Crippen molar-refractivity contribution < 1.29 is 9.21 Å². The predicted molar refractivity (Wildman–Crippen MR) is 71.4 cm³/mol. The molecule has 1 aromatic rings. The van der Waals surface area contributed by atoms with Gasteiger partial charge in [0.05, 0.1) is 18.5 Å². The first-order valence-electron chi connectivity index (χ1n) is 6.24. The summed E-state index contributed by atoms with van der Waals surface area (Å²) < 4.78 is 5.29. The largest absolute Gasteiger partial charge is 0.444 e. The number of hydrogen-bond donors (Lipinski definition) is 2. The highest BCUT2D eigenvalue weighted by Gasteiger charge is 2.15. The molecule has 0 atom stereocenters. The second-order valence-electron chi connectivity index (χ2n) is 4.40. The van der Waals surface area contributed by atoms with Gasteiger partial charge in [-0.1, -0.05) is 0 Å². The van der Waals surface area contributed by atoms with Gasteiger partial charge >= 0.3 is 0 Å². The fourth-order valence-electron chi connectivity index (χ4n) is 1.86. The summed E-state index contributed by atoms with van der Waals surface area (Å²) >= 11 is 1.74. The van der Waals surface area contributed by atoms with E-state index in [2.05, 4.69) is 15.6 Å². The molecule has 1 aromatic heterocycles. The van der Waals surface area contributed by atoms with Crippen LogP contribution in [0.15, 0.2) is 10.6 Å². The summed E-state index contributed by atoms with van der Waals surface area (Å²) in [6.45, 7) is 4.34. The molecule has 2 N–H and O–H groups in total. The lowest BCUT2D eigenvalue weighted by Crippen LogP contribution is -2.31. The van der Waals surface area contributed by atoms with Crippen LogP contribution in [-0.4, -0.2) is 35.0 Å². The lowest BCUT2D eigenvalue weighted by molar-refractivity contribution is -0.118. The summed E-state index contributed by atoms with van der Waals surface area (Å²) in [5.74, 6) is 1.90. The Morgan fingerprint density at radius 1 is 1.61 bits per heavy atom. The molecule has 6 heteroatoms. The van der Waals surface area contributed by atoms with E-state index >= 15 is 0 Å². The van der Waals surface area contributed by atoms with Crippen molar-refractivity contribution >= 4 is 17.7 Å². The van der Waals surface area contributed by atoms with E-state index in [1.807, 2.05) is 6.92 Å². The van der Waals surface area contributed by atoms with Crippen molar-refractivity contribution in [2.45, 2.75) is 31.6 Å². The third-order valence-electron chi connectivity index (χ3n) is 2.84. The van der Waals surface area contributed by atoms with Gasteiger partial charge in [0.2, 0.25) is 11.8 Å². The van der Waals surface area contributed by atoms with E-state index in [0.29, 0.717) is 23.4 Å². The van der Waals surface area contributed by atoms with Crippen LogP contribution in [0, 0.1) is 6.92 Å². The summed E-state index contributed by atoms with van der Waals surface area (Å²) in [6.07, 6.45) is 3.96. The van der Waals surface area contributed by atoms with Crippen LogP contribution in [-0.2, 0) is 11.3 Å². The highest BCUT2D eigenvalue weighted by molar-refractivity contribution is 8.00. The topological polar surface area (TPSA) is 67.2 Å². The van der Waals surface area contributed by atoms with Crippen LogP contribution in [0.25, 0.3) is 0 Å². The number of aryl methyl sites for hydroxylation is 1. The van der Waals surface area contributed by atoms with Gasteiger partial charge in [-0.15, -0.1) is 11.8 Å². The SMILES string of the molecule is Cc1cnc(CNC(=O)CSC2CCNCC2)o1. The number of oxazole rings is 1. The maximum Gasteiger partial charge on any atom is 0.230 e. The number of hydrogen-bond acceptors (Lipinski definition) is 5. The van der Waals surface area contributed by atoms with Crippen molar-refractivity contribution in [3.8, 4) is 0 Å². The van der Waals surface area contributed by atoms with Crippen LogP contribution in [0.3, 0.4) is 0 Å². The van der Waals surface area contributed by atoms with Crippen LogP contribution in [0.2, 0.25) is 0 Å². The number of amides is 1. The summed E-state index contributed by atoms with van der Waals surface area (Å²) in [5.41, 5.74) is 0. The van der Waals surface area contributed by atoms with Crippen molar-refractivity contribution in [1.29, 1.82) is 0 Å². The Balaban J connectivity index is 1.62. The van der Waals surface area contributed by atoms with E-state index in [0.717, 1.165) is 31.7 Å². The maximum atomic E-state index is 11.6. The van der Waals surface area contributed by atoms with Crippen molar-refractivity contribution in [2.75, 3.05) is 18.8 Å². The van der Waals surface area contributed by atoms with E-state index in [4.69, 9.17) is 4.42 Å². The lowest BCUT2D eigenvalue weighted by Gasteiger charge is -2.21. The summed E-state index contributed by atoms with van der Waals surface area (Å²) in [7, 11) is 0. The molecular formula is C12H19N3O2S. The Kier molecular flexibility index (Phi) is 5.07. The molecule has 0 saturated carbocycles. The minimum atomic E-state index is 0.0504. The number of carbonyl (C=O) groups excluding carboxylic acids is 1. The third kappa shape index (κ3) is 4.34. The van der Waals surface area contributed by atoms with Crippen molar-refractivity contribution in [2.24, 2.45) is 0 Å². The monoisotopic (exact) mass is 269 g/mol. The summed E-state index contributed by atoms with van der Waals surface area (Å²) in [6, 6.07) is 0. The molecule has 0 radical (unpaired) electrons. The zero-order chi connectivity index (χ0) is 12.8. The number of nitrogens with one attached hydrogen (secondary N) is 2. The van der Waals surface area contributed by atoms with Crippen molar-refractivity contribution in [1.82, 2.24) is 15.6 Å². The zero-order valence-corrected chi connectivity index (χ0v) is 11.4. The van der Waals surface area contributed by atoms with Gasteiger partial charge in [0, 0.05) is 5.25 Å². The highest BCUT2D eigenvalue weighted by atomic mass is 32.2. The molecule has 2 rings (SSSR count). The first kappa shape index (κ1) is 13.4. The fourth-order valence-corrected chi connectivity index (χ4v) is 2.92. The molecule has 0 aromatic carbocycles. The van der Waals surface area contributed by atoms with Crippen molar-refractivity contribution in [3.05, 3.63) is 17.8 Å². The average Bonchev–Trinajstić information content (AvgIpc) is 2.81. The molecule has 1 amide bonds. The van der Waals surface area contributed by atoms with Crippen molar-refractivity contribution in [3.63, 3.8) is 0 Å². The van der Waals surface area contributed by atoms with E-state index in [-0.39, 0.29) is 5.91 Å². The molecule has 2 heterocycles.